The van der Waals surface area contributed by atoms with Crippen LogP contribution in [0.4, 0.5) is 0 Å². The summed E-state index contributed by atoms with van der Waals surface area (Å²) in [5, 5.41) is 8.07. The van der Waals surface area contributed by atoms with Crippen LogP contribution in [-0.4, -0.2) is 12.9 Å². The van der Waals surface area contributed by atoms with E-state index in [0.717, 1.165) is 11.1 Å². The largest absolute Gasteiger partial charge is 0.496 e. The molecule has 0 radical (unpaired) electrons. The second-order valence-corrected chi connectivity index (χ2v) is 5.08. The molecule has 5 heteroatoms. The first kappa shape index (κ1) is 15.2. The van der Waals surface area contributed by atoms with Gasteiger partial charge >= 0.3 is 0 Å². The van der Waals surface area contributed by atoms with Gasteiger partial charge in [0.25, 0.3) is 0 Å². The number of halogens is 1. The molecule has 3 N–H and O–H groups in total. The van der Waals surface area contributed by atoms with Crippen molar-refractivity contribution in [2.75, 3.05) is 7.11 Å². The number of hydrogen-bond donors (Lipinski definition) is 2. The van der Waals surface area contributed by atoms with Crippen molar-refractivity contribution < 1.29 is 9.47 Å². The number of benzene rings is 2. The zero-order valence-electron chi connectivity index (χ0n) is 11.9. The average molecular weight is 305 g/mol. The Balaban J connectivity index is 2.15. The van der Waals surface area contributed by atoms with Gasteiger partial charge in [-0.25, -0.2) is 0 Å². The topological polar surface area (TPSA) is 68.3 Å². The molecule has 0 amide bonds. The molecule has 0 aliphatic heterocycles. The molecule has 110 valence electrons. The third-order valence-electron chi connectivity index (χ3n) is 3.04. The molecule has 2 rings (SSSR count). The van der Waals surface area contributed by atoms with Gasteiger partial charge < -0.3 is 15.2 Å². The van der Waals surface area contributed by atoms with Gasteiger partial charge in [0.05, 0.1) is 17.7 Å². The summed E-state index contributed by atoms with van der Waals surface area (Å²) in [6, 6.07) is 11.0. The molecule has 2 aromatic carbocycles. The summed E-state index contributed by atoms with van der Waals surface area (Å²) < 4.78 is 10.9. The van der Waals surface area contributed by atoms with Gasteiger partial charge in [-0.15, -0.1) is 0 Å². The van der Waals surface area contributed by atoms with Gasteiger partial charge in [-0.1, -0.05) is 23.7 Å². The summed E-state index contributed by atoms with van der Waals surface area (Å²) in [5.74, 6) is 1.16. The number of amidine groups is 1. The van der Waals surface area contributed by atoms with Gasteiger partial charge in [0, 0.05) is 0 Å². The van der Waals surface area contributed by atoms with Crippen LogP contribution in [0.15, 0.2) is 36.4 Å². The maximum absolute atomic E-state index is 7.48. The minimum Gasteiger partial charge on any atom is -0.496 e. The highest BCUT2D eigenvalue weighted by molar-refractivity contribution is 6.32. The third kappa shape index (κ3) is 3.67. The molecule has 0 aromatic heterocycles. The normalized spacial score (nSPS) is 10.2. The minimum absolute atomic E-state index is 0.0269. The van der Waals surface area contributed by atoms with Crippen LogP contribution < -0.4 is 15.2 Å². The molecule has 0 aliphatic carbocycles. The van der Waals surface area contributed by atoms with Gasteiger partial charge in [-0.3, -0.25) is 5.41 Å². The Bertz CT molecular complexity index is 671. The van der Waals surface area contributed by atoms with Crippen LogP contribution in [0.5, 0.6) is 11.5 Å². The van der Waals surface area contributed by atoms with E-state index in [0.29, 0.717) is 28.7 Å². The molecule has 21 heavy (non-hydrogen) atoms. The van der Waals surface area contributed by atoms with Crippen LogP contribution in [0.3, 0.4) is 0 Å². The van der Waals surface area contributed by atoms with E-state index in [4.69, 9.17) is 32.2 Å². The number of rotatable bonds is 5. The molecule has 0 aliphatic rings. The van der Waals surface area contributed by atoms with Crippen LogP contribution in [0.25, 0.3) is 0 Å². The predicted molar refractivity (Wildman–Crippen MR) is 84.5 cm³/mol. The average Bonchev–Trinajstić information content (AvgIpc) is 2.45. The Morgan fingerprint density at radius 3 is 2.57 bits per heavy atom. The van der Waals surface area contributed by atoms with Crippen LogP contribution in [0, 0.1) is 12.3 Å². The fraction of sp³-hybridized carbons (Fsp3) is 0.188. The number of nitrogens with one attached hydrogen (secondary N) is 1. The van der Waals surface area contributed by atoms with E-state index in [1.807, 2.05) is 31.2 Å². The molecule has 0 fully saturated rings. The maximum Gasteiger partial charge on any atom is 0.138 e. The van der Waals surface area contributed by atoms with E-state index in [-0.39, 0.29) is 5.84 Å². The van der Waals surface area contributed by atoms with E-state index < -0.39 is 0 Å². The van der Waals surface area contributed by atoms with E-state index in [1.165, 1.54) is 0 Å². The lowest BCUT2D eigenvalue weighted by Gasteiger charge is -2.11. The van der Waals surface area contributed by atoms with Gasteiger partial charge in [0.2, 0.25) is 0 Å². The fourth-order valence-corrected chi connectivity index (χ4v) is 2.22. The number of hydrogen-bond acceptors (Lipinski definition) is 3. The van der Waals surface area contributed by atoms with Gasteiger partial charge in [-0.2, -0.15) is 0 Å². The van der Waals surface area contributed by atoms with E-state index in [2.05, 4.69) is 0 Å². The SMILES string of the molecule is COc1cc(COc2ccc(C)cc2Cl)ccc1C(=N)N. The number of aryl methyl sites for hydroxylation is 1. The molecule has 0 bridgehead atoms. The Morgan fingerprint density at radius 1 is 1.19 bits per heavy atom. The molecule has 0 saturated heterocycles. The lowest BCUT2D eigenvalue weighted by atomic mass is 10.1. The zero-order valence-corrected chi connectivity index (χ0v) is 12.7. The van der Waals surface area contributed by atoms with E-state index in [9.17, 15) is 0 Å². The summed E-state index contributed by atoms with van der Waals surface area (Å²) in [6.45, 7) is 2.33. The van der Waals surface area contributed by atoms with Gasteiger partial charge in [0.15, 0.2) is 0 Å². The second kappa shape index (κ2) is 6.50. The van der Waals surface area contributed by atoms with E-state index in [1.54, 1.807) is 19.2 Å². The Morgan fingerprint density at radius 2 is 1.95 bits per heavy atom. The van der Waals surface area contributed by atoms with Crippen molar-refractivity contribution >= 4 is 17.4 Å². The monoisotopic (exact) mass is 304 g/mol. The number of nitrogens with two attached hydrogens (primary N) is 1. The summed E-state index contributed by atoms with van der Waals surface area (Å²) in [6.07, 6.45) is 0. The van der Waals surface area contributed by atoms with E-state index >= 15 is 0 Å². The molecule has 0 atom stereocenters. The summed E-state index contributed by atoms with van der Waals surface area (Å²) in [4.78, 5) is 0. The lowest BCUT2D eigenvalue weighted by Crippen LogP contribution is -2.12. The quantitative estimate of drug-likeness (QED) is 0.656. The van der Waals surface area contributed by atoms with Crippen LogP contribution in [0.1, 0.15) is 16.7 Å². The van der Waals surface area contributed by atoms with Gasteiger partial charge in [0.1, 0.15) is 23.9 Å². The van der Waals surface area contributed by atoms with Crippen molar-refractivity contribution in [3.8, 4) is 11.5 Å². The molecule has 0 spiro atoms. The first-order valence-corrected chi connectivity index (χ1v) is 6.79. The number of nitrogen functional groups attached to an aromatic ring is 1. The van der Waals surface area contributed by atoms with Crippen molar-refractivity contribution in [3.63, 3.8) is 0 Å². The Labute approximate surface area is 129 Å². The van der Waals surface area contributed by atoms with Crippen molar-refractivity contribution in [2.24, 2.45) is 5.73 Å². The molecular weight excluding hydrogens is 288 g/mol. The molecule has 0 saturated carbocycles. The van der Waals surface area contributed by atoms with Crippen molar-refractivity contribution in [1.82, 2.24) is 0 Å². The molecule has 4 nitrogen and oxygen atoms in total. The predicted octanol–water partition coefficient (Wildman–Crippen LogP) is 3.52. The third-order valence-corrected chi connectivity index (χ3v) is 3.33. The van der Waals surface area contributed by atoms with Crippen LogP contribution >= 0.6 is 11.6 Å². The van der Waals surface area contributed by atoms with Crippen LogP contribution in [-0.2, 0) is 6.61 Å². The van der Waals surface area contributed by atoms with Crippen molar-refractivity contribution in [1.29, 1.82) is 5.41 Å². The van der Waals surface area contributed by atoms with Crippen molar-refractivity contribution in [3.05, 3.63) is 58.1 Å². The highest BCUT2D eigenvalue weighted by Crippen LogP contribution is 2.27. The maximum atomic E-state index is 7.48. The summed E-state index contributed by atoms with van der Waals surface area (Å²) in [5.41, 5.74) is 8.05. The second-order valence-electron chi connectivity index (χ2n) is 4.67. The standard InChI is InChI=1S/C16H17ClN2O2/c1-10-3-6-14(13(17)7-10)21-9-11-4-5-12(16(18)19)15(8-11)20-2/h3-8H,9H2,1-2H3,(H3,18,19). The summed E-state index contributed by atoms with van der Waals surface area (Å²) >= 11 is 6.13. The molecular formula is C16H17ClN2O2. The Hall–Kier alpha value is -2.20. The zero-order chi connectivity index (χ0) is 15.4. The number of methoxy groups -OCH3 is 1. The smallest absolute Gasteiger partial charge is 0.138 e. The molecule has 0 unspecified atom stereocenters. The summed E-state index contributed by atoms with van der Waals surface area (Å²) in [7, 11) is 1.54. The molecule has 0 heterocycles. The highest BCUT2D eigenvalue weighted by atomic mass is 35.5. The molecule has 2 aromatic rings. The Kier molecular flexibility index (Phi) is 4.70. The lowest BCUT2D eigenvalue weighted by molar-refractivity contribution is 0.305. The first-order valence-electron chi connectivity index (χ1n) is 6.41. The number of ether oxygens (including phenoxy) is 2. The van der Waals surface area contributed by atoms with Crippen LogP contribution in [0.2, 0.25) is 5.02 Å². The first-order chi connectivity index (χ1) is 10.0. The minimum atomic E-state index is -0.0269. The fourth-order valence-electron chi connectivity index (χ4n) is 1.93. The van der Waals surface area contributed by atoms with Crippen molar-refractivity contribution in [2.45, 2.75) is 13.5 Å². The highest BCUT2D eigenvalue weighted by Gasteiger charge is 2.08. The van der Waals surface area contributed by atoms with Gasteiger partial charge in [-0.05, 0) is 42.3 Å².